The van der Waals surface area contributed by atoms with Crippen molar-refractivity contribution < 1.29 is 27.5 Å². The van der Waals surface area contributed by atoms with E-state index in [0.29, 0.717) is 11.1 Å². The van der Waals surface area contributed by atoms with E-state index in [0.717, 1.165) is 6.07 Å². The first-order valence-electron chi connectivity index (χ1n) is 7.36. The zero-order valence-corrected chi connectivity index (χ0v) is 15.6. The molecule has 9 heteroatoms. The summed E-state index contributed by atoms with van der Waals surface area (Å²) < 4.78 is 35.6. The topological polar surface area (TPSA) is 98.8 Å². The highest BCUT2D eigenvalue weighted by molar-refractivity contribution is 7.89. The molecular weight excluding hydrogens is 382 g/mol. The Hall–Kier alpha value is -2.42. The van der Waals surface area contributed by atoms with Crippen LogP contribution >= 0.6 is 11.6 Å². The first-order chi connectivity index (χ1) is 12.3. The molecule has 2 rings (SSSR count). The molecule has 0 bridgehead atoms. The number of hydrogen-bond donors (Lipinski definition) is 1. The Morgan fingerprint density at radius 2 is 1.73 bits per heavy atom. The summed E-state index contributed by atoms with van der Waals surface area (Å²) in [6.07, 6.45) is 0. The minimum absolute atomic E-state index is 0.0610. The van der Waals surface area contributed by atoms with Crippen molar-refractivity contribution in [1.29, 1.82) is 0 Å². The third-order valence-electron chi connectivity index (χ3n) is 3.48. The Morgan fingerprint density at radius 1 is 1.08 bits per heavy atom. The highest BCUT2D eigenvalue weighted by Gasteiger charge is 2.18. The molecule has 0 saturated carbocycles. The van der Waals surface area contributed by atoms with E-state index in [1.165, 1.54) is 26.3 Å². The normalized spacial score (nSPS) is 11.0. The molecule has 2 aromatic rings. The van der Waals surface area contributed by atoms with Crippen LogP contribution in [0, 0.1) is 0 Å². The summed E-state index contributed by atoms with van der Waals surface area (Å²) >= 11 is 5.97. The molecule has 0 unspecified atom stereocenters. The average molecular weight is 398 g/mol. The molecule has 0 amide bonds. The summed E-state index contributed by atoms with van der Waals surface area (Å²) in [5.74, 6) is -1.23. The van der Waals surface area contributed by atoms with Crippen LogP contribution in [0.25, 0.3) is 0 Å². The highest BCUT2D eigenvalue weighted by Crippen LogP contribution is 2.22. The van der Waals surface area contributed by atoms with Crippen LogP contribution in [-0.2, 0) is 26.1 Å². The van der Waals surface area contributed by atoms with E-state index < -0.39 is 22.0 Å². The number of ether oxygens (including phenoxy) is 2. The predicted molar refractivity (Wildman–Crippen MR) is 94.6 cm³/mol. The fourth-order valence-electron chi connectivity index (χ4n) is 2.03. The fraction of sp³-hybridized carbons (Fsp3) is 0.176. The summed E-state index contributed by atoms with van der Waals surface area (Å²) in [7, 11) is -1.17. The highest BCUT2D eigenvalue weighted by atomic mass is 35.5. The van der Waals surface area contributed by atoms with Gasteiger partial charge in [-0.3, -0.25) is 0 Å². The maximum absolute atomic E-state index is 12.2. The van der Waals surface area contributed by atoms with E-state index in [1.807, 2.05) is 0 Å². The standard InChI is InChI=1S/C17H16ClNO6S/c1-19-26(22,23)13-7-8-15(18)14(9-13)17(21)25-10-11-3-5-12(6-4-11)16(20)24-2/h3-9,19H,10H2,1-2H3. The summed E-state index contributed by atoms with van der Waals surface area (Å²) in [6.45, 7) is -0.0698. The Labute approximate surface area is 155 Å². The van der Waals surface area contributed by atoms with Gasteiger partial charge in [0.15, 0.2) is 0 Å². The number of hydrogen-bond acceptors (Lipinski definition) is 6. The minimum Gasteiger partial charge on any atom is -0.465 e. The molecule has 2 aromatic carbocycles. The molecule has 0 atom stereocenters. The molecule has 0 aliphatic heterocycles. The Morgan fingerprint density at radius 3 is 2.31 bits per heavy atom. The zero-order chi connectivity index (χ0) is 19.3. The van der Waals surface area contributed by atoms with Gasteiger partial charge in [0.1, 0.15) is 6.61 Å². The largest absolute Gasteiger partial charge is 0.465 e. The lowest BCUT2D eigenvalue weighted by atomic mass is 10.1. The van der Waals surface area contributed by atoms with Gasteiger partial charge >= 0.3 is 11.9 Å². The van der Waals surface area contributed by atoms with Gasteiger partial charge in [-0.05, 0) is 42.9 Å². The van der Waals surface area contributed by atoms with Gasteiger partial charge in [0.05, 0.1) is 28.2 Å². The zero-order valence-electron chi connectivity index (χ0n) is 14.0. The molecule has 1 N–H and O–H groups in total. The molecule has 138 valence electrons. The maximum Gasteiger partial charge on any atom is 0.340 e. The van der Waals surface area contributed by atoms with Crippen molar-refractivity contribution in [1.82, 2.24) is 4.72 Å². The van der Waals surface area contributed by atoms with E-state index in [4.69, 9.17) is 16.3 Å². The van der Waals surface area contributed by atoms with E-state index in [9.17, 15) is 18.0 Å². The SMILES string of the molecule is CNS(=O)(=O)c1ccc(Cl)c(C(=O)OCc2ccc(C(=O)OC)cc2)c1. The van der Waals surface area contributed by atoms with Crippen molar-refractivity contribution in [3.63, 3.8) is 0 Å². The number of carbonyl (C=O) groups is 2. The first-order valence-corrected chi connectivity index (χ1v) is 9.22. The monoisotopic (exact) mass is 397 g/mol. The van der Waals surface area contributed by atoms with Crippen molar-refractivity contribution in [3.05, 3.63) is 64.2 Å². The number of sulfonamides is 1. The van der Waals surface area contributed by atoms with Gasteiger partial charge < -0.3 is 9.47 Å². The molecule has 0 aromatic heterocycles. The molecule has 0 aliphatic carbocycles. The molecule has 0 fully saturated rings. The third kappa shape index (κ3) is 4.60. The summed E-state index contributed by atoms with van der Waals surface area (Å²) in [6, 6.07) is 10.1. The number of benzene rings is 2. The third-order valence-corrected chi connectivity index (χ3v) is 5.22. The van der Waals surface area contributed by atoms with Crippen LogP contribution in [0.15, 0.2) is 47.4 Å². The van der Waals surface area contributed by atoms with Crippen molar-refractivity contribution in [2.45, 2.75) is 11.5 Å². The van der Waals surface area contributed by atoms with Gasteiger partial charge in [-0.25, -0.2) is 22.7 Å². The molecule has 0 spiro atoms. The smallest absolute Gasteiger partial charge is 0.340 e. The van der Waals surface area contributed by atoms with E-state index in [-0.39, 0.29) is 22.1 Å². The van der Waals surface area contributed by atoms with E-state index in [1.54, 1.807) is 24.3 Å². The number of halogens is 1. The van der Waals surface area contributed by atoms with Crippen LogP contribution in [0.1, 0.15) is 26.3 Å². The van der Waals surface area contributed by atoms with Crippen molar-refractivity contribution in [2.75, 3.05) is 14.2 Å². The Kier molecular flexibility index (Phi) is 6.36. The number of methoxy groups -OCH3 is 1. The lowest BCUT2D eigenvalue weighted by molar-refractivity contribution is 0.0471. The maximum atomic E-state index is 12.2. The van der Waals surface area contributed by atoms with Gasteiger partial charge in [0.25, 0.3) is 0 Å². The van der Waals surface area contributed by atoms with Crippen LogP contribution in [0.3, 0.4) is 0 Å². The van der Waals surface area contributed by atoms with Crippen molar-refractivity contribution in [2.24, 2.45) is 0 Å². The lowest BCUT2D eigenvalue weighted by Gasteiger charge is -2.09. The lowest BCUT2D eigenvalue weighted by Crippen LogP contribution is -2.19. The number of nitrogens with one attached hydrogen (secondary N) is 1. The van der Waals surface area contributed by atoms with E-state index in [2.05, 4.69) is 9.46 Å². The Bertz CT molecular complexity index is 925. The van der Waals surface area contributed by atoms with Crippen LogP contribution in [0.5, 0.6) is 0 Å². The fourth-order valence-corrected chi connectivity index (χ4v) is 2.98. The molecule has 0 saturated heterocycles. The van der Waals surface area contributed by atoms with Gasteiger partial charge in [-0.15, -0.1) is 0 Å². The van der Waals surface area contributed by atoms with Gasteiger partial charge in [0.2, 0.25) is 10.0 Å². The molecule has 26 heavy (non-hydrogen) atoms. The molecule has 0 radical (unpaired) electrons. The minimum atomic E-state index is -3.71. The predicted octanol–water partition coefficient (Wildman–Crippen LogP) is 2.39. The second-order valence-corrected chi connectivity index (χ2v) is 7.41. The number of rotatable bonds is 6. The van der Waals surface area contributed by atoms with Gasteiger partial charge in [0, 0.05) is 0 Å². The quantitative estimate of drug-likeness (QED) is 0.751. The van der Waals surface area contributed by atoms with Crippen LogP contribution in [0.2, 0.25) is 5.02 Å². The van der Waals surface area contributed by atoms with Crippen LogP contribution < -0.4 is 4.72 Å². The second-order valence-electron chi connectivity index (χ2n) is 5.11. The van der Waals surface area contributed by atoms with Gasteiger partial charge in [-0.1, -0.05) is 23.7 Å². The number of carbonyl (C=O) groups excluding carboxylic acids is 2. The second kappa shape index (κ2) is 8.31. The summed E-state index contributed by atoms with van der Waals surface area (Å²) in [5, 5.41) is 0.0751. The van der Waals surface area contributed by atoms with Crippen LogP contribution in [-0.4, -0.2) is 34.5 Å². The van der Waals surface area contributed by atoms with Gasteiger partial charge in [-0.2, -0.15) is 0 Å². The molecule has 7 nitrogen and oxygen atoms in total. The average Bonchev–Trinajstić information content (AvgIpc) is 2.66. The molecular formula is C17H16ClNO6S. The molecule has 0 aliphatic rings. The van der Waals surface area contributed by atoms with Crippen molar-refractivity contribution in [3.8, 4) is 0 Å². The Balaban J connectivity index is 2.13. The van der Waals surface area contributed by atoms with E-state index >= 15 is 0 Å². The van der Waals surface area contributed by atoms with Crippen LogP contribution in [0.4, 0.5) is 0 Å². The summed E-state index contributed by atoms with van der Waals surface area (Å²) in [4.78, 5) is 23.5. The van der Waals surface area contributed by atoms with Crippen molar-refractivity contribution >= 4 is 33.6 Å². The first kappa shape index (κ1) is 19.9. The number of esters is 2. The molecule has 0 heterocycles. The summed E-state index contributed by atoms with van der Waals surface area (Å²) in [5.41, 5.74) is 0.950.